The van der Waals surface area contributed by atoms with Crippen molar-refractivity contribution in [3.05, 3.63) is 35.4 Å². The Morgan fingerprint density at radius 1 is 1.28 bits per heavy atom. The number of benzene rings is 1. The van der Waals surface area contributed by atoms with E-state index in [0.717, 1.165) is 19.4 Å². The van der Waals surface area contributed by atoms with Gasteiger partial charge in [0.2, 0.25) is 11.8 Å². The van der Waals surface area contributed by atoms with Gasteiger partial charge in [0.05, 0.1) is 12.0 Å². The summed E-state index contributed by atoms with van der Waals surface area (Å²) in [4.78, 5) is 28.4. The Morgan fingerprint density at radius 3 is 2.56 bits per heavy atom. The highest BCUT2D eigenvalue weighted by Gasteiger charge is 2.28. The molecule has 25 heavy (non-hydrogen) atoms. The minimum absolute atomic E-state index is 0.0626. The third-order valence-electron chi connectivity index (χ3n) is 5.00. The molecule has 0 aromatic heterocycles. The van der Waals surface area contributed by atoms with Gasteiger partial charge in [-0.3, -0.25) is 9.59 Å². The molecule has 1 fully saturated rings. The maximum atomic E-state index is 12.6. The molecule has 0 saturated carbocycles. The molecule has 1 saturated heterocycles. The van der Waals surface area contributed by atoms with E-state index in [1.165, 1.54) is 11.1 Å². The molecule has 1 heterocycles. The topological polar surface area (TPSA) is 52.7 Å². The molecular formula is C20H31N3O2. The summed E-state index contributed by atoms with van der Waals surface area (Å²) in [6, 6.07) is 8.58. The van der Waals surface area contributed by atoms with Crippen molar-refractivity contribution in [1.82, 2.24) is 15.1 Å². The van der Waals surface area contributed by atoms with Gasteiger partial charge < -0.3 is 15.1 Å². The highest BCUT2D eigenvalue weighted by atomic mass is 16.2. The Morgan fingerprint density at radius 2 is 1.96 bits per heavy atom. The van der Waals surface area contributed by atoms with Gasteiger partial charge in [-0.05, 0) is 39.4 Å². The van der Waals surface area contributed by atoms with Crippen LogP contribution in [0.1, 0.15) is 43.4 Å². The lowest BCUT2D eigenvalue weighted by Crippen LogP contribution is -2.46. The molecule has 138 valence electrons. The first-order valence-corrected chi connectivity index (χ1v) is 9.20. The van der Waals surface area contributed by atoms with Crippen LogP contribution in [0.25, 0.3) is 0 Å². The molecule has 2 atom stereocenters. The lowest BCUT2D eigenvalue weighted by atomic mass is 9.96. The third-order valence-corrected chi connectivity index (χ3v) is 5.00. The first kappa shape index (κ1) is 19.4. The van der Waals surface area contributed by atoms with Crippen molar-refractivity contribution in [1.29, 1.82) is 0 Å². The van der Waals surface area contributed by atoms with E-state index in [2.05, 4.69) is 41.4 Å². The number of amides is 2. The number of rotatable bonds is 6. The summed E-state index contributed by atoms with van der Waals surface area (Å²) in [6.07, 6.45) is 2.26. The van der Waals surface area contributed by atoms with Gasteiger partial charge in [-0.1, -0.05) is 36.8 Å². The van der Waals surface area contributed by atoms with E-state index < -0.39 is 0 Å². The quantitative estimate of drug-likeness (QED) is 0.861. The molecular weight excluding hydrogens is 314 g/mol. The molecule has 0 spiro atoms. The van der Waals surface area contributed by atoms with Crippen molar-refractivity contribution in [3.8, 4) is 0 Å². The smallest absolute Gasteiger partial charge is 0.224 e. The summed E-state index contributed by atoms with van der Waals surface area (Å²) in [5.41, 5.74) is 2.43. The van der Waals surface area contributed by atoms with Crippen LogP contribution in [0.15, 0.2) is 24.3 Å². The van der Waals surface area contributed by atoms with Crippen LogP contribution in [0.2, 0.25) is 0 Å². The number of carbonyl (C=O) groups excluding carboxylic acids is 2. The van der Waals surface area contributed by atoms with Crippen molar-refractivity contribution in [2.45, 2.75) is 39.2 Å². The average Bonchev–Trinajstić information content (AvgIpc) is 2.62. The molecule has 1 aromatic carbocycles. The Hall–Kier alpha value is -1.88. The molecule has 5 heteroatoms. The van der Waals surface area contributed by atoms with Gasteiger partial charge in [-0.25, -0.2) is 0 Å². The molecule has 1 aromatic rings. The Bertz CT molecular complexity index is 583. The molecule has 5 nitrogen and oxygen atoms in total. The van der Waals surface area contributed by atoms with Crippen LogP contribution in [-0.4, -0.2) is 55.3 Å². The Labute approximate surface area is 151 Å². The normalized spacial score (nSPS) is 18.9. The Balaban J connectivity index is 1.94. The SMILES string of the molecule is CCC(=O)N1CCCC(C(=O)NCC(c2ccc(C)cc2)N(C)C)C1. The van der Waals surface area contributed by atoms with Crippen LogP contribution in [0.5, 0.6) is 0 Å². The van der Waals surface area contributed by atoms with Crippen molar-refractivity contribution in [2.24, 2.45) is 5.92 Å². The second kappa shape index (κ2) is 8.99. The third kappa shape index (κ3) is 5.30. The molecule has 2 amide bonds. The second-order valence-corrected chi connectivity index (χ2v) is 7.17. The van der Waals surface area contributed by atoms with Crippen molar-refractivity contribution in [3.63, 3.8) is 0 Å². The summed E-state index contributed by atoms with van der Waals surface area (Å²) in [5.74, 6) is 0.112. The van der Waals surface area contributed by atoms with Crippen molar-refractivity contribution >= 4 is 11.8 Å². The lowest BCUT2D eigenvalue weighted by molar-refractivity contribution is -0.135. The summed E-state index contributed by atoms with van der Waals surface area (Å²) in [7, 11) is 4.05. The zero-order valence-electron chi connectivity index (χ0n) is 15.9. The van der Waals surface area contributed by atoms with Crippen LogP contribution in [0.3, 0.4) is 0 Å². The number of carbonyl (C=O) groups is 2. The number of hydrogen-bond donors (Lipinski definition) is 1. The van der Waals surface area contributed by atoms with Crippen LogP contribution in [0.4, 0.5) is 0 Å². The van der Waals surface area contributed by atoms with Gasteiger partial charge in [0.25, 0.3) is 0 Å². The van der Waals surface area contributed by atoms with Crippen LogP contribution in [0, 0.1) is 12.8 Å². The monoisotopic (exact) mass is 345 g/mol. The maximum absolute atomic E-state index is 12.6. The average molecular weight is 345 g/mol. The van der Waals surface area contributed by atoms with Gasteiger partial charge in [0, 0.05) is 26.1 Å². The summed E-state index contributed by atoms with van der Waals surface area (Å²) in [5, 5.41) is 3.11. The number of nitrogens with zero attached hydrogens (tertiary/aromatic N) is 2. The van der Waals surface area contributed by atoms with E-state index in [0.29, 0.717) is 19.5 Å². The molecule has 0 aliphatic carbocycles. The molecule has 0 radical (unpaired) electrons. The minimum Gasteiger partial charge on any atom is -0.354 e. The summed E-state index contributed by atoms with van der Waals surface area (Å²) >= 11 is 0. The van der Waals surface area contributed by atoms with Gasteiger partial charge in [-0.15, -0.1) is 0 Å². The number of aryl methyl sites for hydroxylation is 1. The zero-order valence-corrected chi connectivity index (χ0v) is 15.9. The Kier molecular flexibility index (Phi) is 7.00. The molecule has 2 rings (SSSR count). The zero-order chi connectivity index (χ0) is 18.4. The number of piperidine rings is 1. The van der Waals surface area contributed by atoms with Gasteiger partial charge >= 0.3 is 0 Å². The van der Waals surface area contributed by atoms with Crippen molar-refractivity contribution in [2.75, 3.05) is 33.7 Å². The fourth-order valence-corrected chi connectivity index (χ4v) is 3.37. The van der Waals surface area contributed by atoms with Crippen LogP contribution < -0.4 is 5.32 Å². The molecule has 1 N–H and O–H groups in total. The molecule has 1 aliphatic rings. The molecule has 1 aliphatic heterocycles. The summed E-state index contributed by atoms with van der Waals surface area (Å²) in [6.45, 7) is 5.85. The standard InChI is InChI=1S/C20H31N3O2/c1-5-19(24)23-12-6-7-17(14-23)20(25)21-13-18(22(3)4)16-10-8-15(2)9-11-16/h8-11,17-18H,5-7,12-14H2,1-4H3,(H,21,25). The number of likely N-dealkylation sites (N-methyl/N-ethyl adjacent to an activating group) is 1. The first-order chi connectivity index (χ1) is 11.9. The molecule has 0 bridgehead atoms. The van der Waals surface area contributed by atoms with Gasteiger partial charge in [-0.2, -0.15) is 0 Å². The van der Waals surface area contributed by atoms with E-state index >= 15 is 0 Å². The van der Waals surface area contributed by atoms with E-state index in [1.807, 2.05) is 25.9 Å². The predicted molar refractivity (Wildman–Crippen MR) is 100 cm³/mol. The predicted octanol–water partition coefficient (Wildman–Crippen LogP) is 2.36. The van der Waals surface area contributed by atoms with E-state index in [9.17, 15) is 9.59 Å². The van der Waals surface area contributed by atoms with Gasteiger partial charge in [0.15, 0.2) is 0 Å². The second-order valence-electron chi connectivity index (χ2n) is 7.17. The highest BCUT2D eigenvalue weighted by molar-refractivity contribution is 5.81. The number of nitrogens with one attached hydrogen (secondary N) is 1. The van der Waals surface area contributed by atoms with Crippen molar-refractivity contribution < 1.29 is 9.59 Å². The van der Waals surface area contributed by atoms with Crippen LogP contribution >= 0.6 is 0 Å². The van der Waals surface area contributed by atoms with E-state index in [4.69, 9.17) is 0 Å². The largest absolute Gasteiger partial charge is 0.354 e. The number of likely N-dealkylation sites (tertiary alicyclic amines) is 1. The van der Waals surface area contributed by atoms with Crippen LogP contribution in [-0.2, 0) is 9.59 Å². The van der Waals surface area contributed by atoms with E-state index in [1.54, 1.807) is 0 Å². The minimum atomic E-state index is -0.0925. The number of hydrogen-bond acceptors (Lipinski definition) is 3. The van der Waals surface area contributed by atoms with Gasteiger partial charge in [0.1, 0.15) is 0 Å². The maximum Gasteiger partial charge on any atom is 0.224 e. The lowest BCUT2D eigenvalue weighted by Gasteiger charge is -2.32. The fourth-order valence-electron chi connectivity index (χ4n) is 3.37. The first-order valence-electron chi connectivity index (χ1n) is 9.20. The summed E-state index contributed by atoms with van der Waals surface area (Å²) < 4.78 is 0. The highest BCUT2D eigenvalue weighted by Crippen LogP contribution is 2.20. The molecule has 2 unspecified atom stereocenters. The van der Waals surface area contributed by atoms with E-state index in [-0.39, 0.29) is 23.8 Å². The fraction of sp³-hybridized carbons (Fsp3) is 0.600.